The van der Waals surface area contributed by atoms with Gasteiger partial charge in [0.1, 0.15) is 12.4 Å². The smallest absolute Gasteiger partial charge is 0.134 e. The summed E-state index contributed by atoms with van der Waals surface area (Å²) in [4.78, 5) is 4.09. The van der Waals surface area contributed by atoms with E-state index in [4.69, 9.17) is 5.11 Å². The second-order valence-electron chi connectivity index (χ2n) is 4.32. The van der Waals surface area contributed by atoms with Crippen molar-refractivity contribution in [2.24, 2.45) is 0 Å². The van der Waals surface area contributed by atoms with E-state index in [1.165, 1.54) is 44.9 Å². The Morgan fingerprint density at radius 2 is 1.81 bits per heavy atom. The first-order chi connectivity index (χ1) is 7.88. The summed E-state index contributed by atoms with van der Waals surface area (Å²) >= 11 is 0. The summed E-state index contributed by atoms with van der Waals surface area (Å²) < 4.78 is 2.05. The molecule has 0 aromatic carbocycles. The summed E-state index contributed by atoms with van der Waals surface area (Å²) in [5.74, 6) is 0.783. The highest BCUT2D eigenvalue weighted by atomic mass is 16.3. The predicted molar refractivity (Wildman–Crippen MR) is 66.1 cm³/mol. The zero-order chi connectivity index (χ0) is 11.6. The summed E-state index contributed by atoms with van der Waals surface area (Å²) in [6.45, 7) is 3.28. The van der Waals surface area contributed by atoms with Crippen molar-refractivity contribution < 1.29 is 5.11 Å². The van der Waals surface area contributed by atoms with E-state index in [0.29, 0.717) is 0 Å². The fourth-order valence-electron chi connectivity index (χ4n) is 1.93. The first-order valence-corrected chi connectivity index (χ1v) is 6.49. The lowest BCUT2D eigenvalue weighted by molar-refractivity contribution is 0.264. The lowest BCUT2D eigenvalue weighted by Gasteiger charge is -2.05. The van der Waals surface area contributed by atoms with Crippen LogP contribution in [-0.4, -0.2) is 14.7 Å². The minimum Gasteiger partial charge on any atom is -0.388 e. The Morgan fingerprint density at radius 1 is 1.12 bits per heavy atom. The standard InChI is InChI=1S/C13H24N2O/c1-2-3-4-5-6-7-8-10-15-11-9-14-13(15)12-16/h9,11,16H,2-8,10,12H2,1H3. The Kier molecular flexibility index (Phi) is 6.90. The molecule has 0 aliphatic carbocycles. The van der Waals surface area contributed by atoms with Gasteiger partial charge < -0.3 is 9.67 Å². The largest absolute Gasteiger partial charge is 0.388 e. The highest BCUT2D eigenvalue weighted by Gasteiger charge is 1.99. The molecule has 16 heavy (non-hydrogen) atoms. The molecular weight excluding hydrogens is 200 g/mol. The molecule has 1 N–H and O–H groups in total. The van der Waals surface area contributed by atoms with Gasteiger partial charge >= 0.3 is 0 Å². The molecule has 0 amide bonds. The number of rotatable bonds is 9. The number of unbranched alkanes of at least 4 members (excludes halogenated alkanes) is 6. The average Bonchev–Trinajstić information content (AvgIpc) is 2.75. The van der Waals surface area contributed by atoms with Crippen LogP contribution in [0, 0.1) is 0 Å². The van der Waals surface area contributed by atoms with Crippen molar-refractivity contribution in [3.8, 4) is 0 Å². The van der Waals surface area contributed by atoms with Crippen molar-refractivity contribution in [2.45, 2.75) is 65.0 Å². The summed E-state index contributed by atoms with van der Waals surface area (Å²) in [6, 6.07) is 0. The first-order valence-electron chi connectivity index (χ1n) is 6.49. The van der Waals surface area contributed by atoms with Crippen LogP contribution in [0.15, 0.2) is 12.4 Å². The van der Waals surface area contributed by atoms with E-state index in [9.17, 15) is 0 Å². The molecule has 1 aromatic heterocycles. The maximum Gasteiger partial charge on any atom is 0.134 e. The zero-order valence-electron chi connectivity index (χ0n) is 10.4. The Bertz CT molecular complexity index is 271. The Balaban J connectivity index is 2.03. The van der Waals surface area contributed by atoms with Gasteiger partial charge in [-0.1, -0.05) is 45.4 Å². The van der Waals surface area contributed by atoms with Crippen LogP contribution in [0.4, 0.5) is 0 Å². The fourth-order valence-corrected chi connectivity index (χ4v) is 1.93. The van der Waals surface area contributed by atoms with Crippen molar-refractivity contribution in [1.29, 1.82) is 0 Å². The fraction of sp³-hybridized carbons (Fsp3) is 0.769. The number of imidazole rings is 1. The minimum absolute atomic E-state index is 0.0451. The number of aliphatic hydroxyl groups excluding tert-OH is 1. The van der Waals surface area contributed by atoms with E-state index in [2.05, 4.69) is 11.9 Å². The lowest BCUT2D eigenvalue weighted by Crippen LogP contribution is -2.02. The Morgan fingerprint density at radius 3 is 2.50 bits per heavy atom. The van der Waals surface area contributed by atoms with Crippen LogP contribution in [-0.2, 0) is 13.2 Å². The Labute approximate surface area is 98.5 Å². The molecule has 0 aliphatic rings. The second-order valence-corrected chi connectivity index (χ2v) is 4.32. The topological polar surface area (TPSA) is 38.0 Å². The van der Waals surface area contributed by atoms with Crippen molar-refractivity contribution >= 4 is 0 Å². The van der Waals surface area contributed by atoms with Crippen molar-refractivity contribution in [3.05, 3.63) is 18.2 Å². The van der Waals surface area contributed by atoms with E-state index in [-0.39, 0.29) is 6.61 Å². The number of aromatic nitrogens is 2. The maximum atomic E-state index is 9.02. The van der Waals surface area contributed by atoms with Crippen molar-refractivity contribution in [2.75, 3.05) is 0 Å². The third-order valence-corrected chi connectivity index (χ3v) is 2.95. The molecule has 0 saturated heterocycles. The number of aryl methyl sites for hydroxylation is 1. The van der Waals surface area contributed by atoms with Crippen LogP contribution in [0.3, 0.4) is 0 Å². The molecular formula is C13H24N2O. The van der Waals surface area contributed by atoms with Crippen LogP contribution in [0.5, 0.6) is 0 Å². The minimum atomic E-state index is 0.0451. The quantitative estimate of drug-likeness (QED) is 0.654. The molecule has 0 aliphatic heterocycles. The van der Waals surface area contributed by atoms with Gasteiger partial charge in [-0.15, -0.1) is 0 Å². The number of nitrogens with zero attached hydrogens (tertiary/aromatic N) is 2. The van der Waals surface area contributed by atoms with Crippen molar-refractivity contribution in [3.63, 3.8) is 0 Å². The molecule has 1 heterocycles. The van der Waals surface area contributed by atoms with Gasteiger partial charge in [0, 0.05) is 18.9 Å². The lowest BCUT2D eigenvalue weighted by atomic mass is 10.1. The van der Waals surface area contributed by atoms with Gasteiger partial charge in [0.15, 0.2) is 0 Å². The summed E-state index contributed by atoms with van der Waals surface area (Å²) in [5, 5.41) is 9.02. The van der Waals surface area contributed by atoms with Gasteiger partial charge in [0.2, 0.25) is 0 Å². The van der Waals surface area contributed by atoms with Gasteiger partial charge in [-0.3, -0.25) is 0 Å². The van der Waals surface area contributed by atoms with Gasteiger partial charge in [-0.2, -0.15) is 0 Å². The molecule has 0 fully saturated rings. The average molecular weight is 224 g/mol. The monoisotopic (exact) mass is 224 g/mol. The molecule has 0 spiro atoms. The second kappa shape index (κ2) is 8.34. The van der Waals surface area contributed by atoms with Crippen molar-refractivity contribution in [1.82, 2.24) is 9.55 Å². The van der Waals surface area contributed by atoms with Gasteiger partial charge in [-0.05, 0) is 6.42 Å². The van der Waals surface area contributed by atoms with Gasteiger partial charge in [0.25, 0.3) is 0 Å². The normalized spacial score (nSPS) is 10.9. The molecule has 0 unspecified atom stereocenters. The number of hydrogen-bond acceptors (Lipinski definition) is 2. The molecule has 3 nitrogen and oxygen atoms in total. The zero-order valence-corrected chi connectivity index (χ0v) is 10.4. The van der Waals surface area contributed by atoms with Crippen LogP contribution in [0.1, 0.15) is 57.7 Å². The van der Waals surface area contributed by atoms with Crippen LogP contribution >= 0.6 is 0 Å². The van der Waals surface area contributed by atoms with E-state index in [1.54, 1.807) is 6.20 Å². The van der Waals surface area contributed by atoms with Gasteiger partial charge in [0.05, 0.1) is 0 Å². The van der Waals surface area contributed by atoms with E-state index < -0.39 is 0 Å². The summed E-state index contributed by atoms with van der Waals surface area (Å²) in [7, 11) is 0. The third-order valence-electron chi connectivity index (χ3n) is 2.95. The number of aliphatic hydroxyl groups is 1. The maximum absolute atomic E-state index is 9.02. The first kappa shape index (κ1) is 13.2. The molecule has 0 bridgehead atoms. The molecule has 92 valence electrons. The Hall–Kier alpha value is -0.830. The molecule has 0 radical (unpaired) electrons. The van der Waals surface area contributed by atoms with Gasteiger partial charge in [-0.25, -0.2) is 4.98 Å². The van der Waals surface area contributed by atoms with E-state index in [0.717, 1.165) is 12.4 Å². The van der Waals surface area contributed by atoms with E-state index >= 15 is 0 Å². The molecule has 3 heteroatoms. The molecule has 0 saturated carbocycles. The predicted octanol–water partition coefficient (Wildman–Crippen LogP) is 3.13. The molecule has 1 rings (SSSR count). The summed E-state index contributed by atoms with van der Waals surface area (Å²) in [6.07, 6.45) is 12.9. The molecule has 0 atom stereocenters. The van der Waals surface area contributed by atoms with Crippen LogP contribution < -0.4 is 0 Å². The molecule has 1 aromatic rings. The summed E-state index contributed by atoms with van der Waals surface area (Å²) in [5.41, 5.74) is 0. The van der Waals surface area contributed by atoms with E-state index in [1.807, 2.05) is 10.8 Å². The highest BCUT2D eigenvalue weighted by Crippen LogP contribution is 2.08. The van der Waals surface area contributed by atoms with Crippen LogP contribution in [0.2, 0.25) is 0 Å². The number of hydrogen-bond donors (Lipinski definition) is 1. The SMILES string of the molecule is CCCCCCCCCn1ccnc1CO. The third kappa shape index (κ3) is 4.79. The highest BCUT2D eigenvalue weighted by molar-refractivity contribution is 4.89. The van der Waals surface area contributed by atoms with Crippen LogP contribution in [0.25, 0.3) is 0 Å².